The molecular weight excluding hydrogens is 493 g/mol. The molecule has 1 unspecified atom stereocenters. The van der Waals surface area contributed by atoms with Gasteiger partial charge in [-0.1, -0.05) is 15.9 Å². The summed E-state index contributed by atoms with van der Waals surface area (Å²) in [5.74, 6) is 0.990. The van der Waals surface area contributed by atoms with E-state index in [9.17, 15) is 9.50 Å². The van der Waals surface area contributed by atoms with Crippen LogP contribution < -0.4 is 14.8 Å². The number of aromatic nitrogens is 2. The Balaban J connectivity index is 1.49. The predicted octanol–water partition coefficient (Wildman–Crippen LogP) is 3.27. The van der Waals surface area contributed by atoms with Crippen molar-refractivity contribution < 1.29 is 19.0 Å². The van der Waals surface area contributed by atoms with Crippen molar-refractivity contribution in [2.24, 2.45) is 0 Å². The molecule has 2 aromatic carbocycles. The molecule has 1 atom stereocenters. The number of aliphatic hydroxyl groups is 1. The number of nitrogens with one attached hydrogen (secondary N) is 1. The molecule has 3 aromatic rings. The van der Waals surface area contributed by atoms with Crippen LogP contribution in [0.5, 0.6) is 11.5 Å². The molecule has 10 heteroatoms. The van der Waals surface area contributed by atoms with Gasteiger partial charge in [0.2, 0.25) is 0 Å². The Labute approximate surface area is 200 Å². The molecule has 0 aliphatic carbocycles. The van der Waals surface area contributed by atoms with Gasteiger partial charge >= 0.3 is 0 Å². The van der Waals surface area contributed by atoms with Gasteiger partial charge in [-0.3, -0.25) is 4.90 Å². The molecule has 2 N–H and O–H groups in total. The van der Waals surface area contributed by atoms with E-state index in [0.29, 0.717) is 44.9 Å². The Kier molecular flexibility index (Phi) is 7.59. The highest BCUT2D eigenvalue weighted by Gasteiger charge is 2.19. The van der Waals surface area contributed by atoms with Gasteiger partial charge in [-0.2, -0.15) is 0 Å². The Morgan fingerprint density at radius 1 is 1.15 bits per heavy atom. The fraction of sp³-hybridized carbons (Fsp3) is 0.391. The summed E-state index contributed by atoms with van der Waals surface area (Å²) in [7, 11) is 3.64. The zero-order valence-corrected chi connectivity index (χ0v) is 20.2. The van der Waals surface area contributed by atoms with Gasteiger partial charge < -0.3 is 24.8 Å². The Bertz CT molecular complexity index is 1110. The number of hydrogen-bond acceptors (Lipinski definition) is 8. The molecule has 0 amide bonds. The first-order valence-corrected chi connectivity index (χ1v) is 11.5. The second-order valence-electron chi connectivity index (χ2n) is 8.06. The summed E-state index contributed by atoms with van der Waals surface area (Å²) < 4.78 is 26.3. The van der Waals surface area contributed by atoms with E-state index in [2.05, 4.69) is 48.1 Å². The molecule has 33 heavy (non-hydrogen) atoms. The van der Waals surface area contributed by atoms with E-state index in [4.69, 9.17) is 9.47 Å². The van der Waals surface area contributed by atoms with E-state index in [1.165, 1.54) is 12.4 Å². The molecule has 1 aliphatic heterocycles. The summed E-state index contributed by atoms with van der Waals surface area (Å²) in [5.41, 5.74) is 0.902. The van der Waals surface area contributed by atoms with Gasteiger partial charge in [0.1, 0.15) is 30.7 Å². The molecule has 2 heterocycles. The average Bonchev–Trinajstić information content (AvgIpc) is 2.80. The number of halogens is 2. The smallest absolute Gasteiger partial charge is 0.163 e. The van der Waals surface area contributed by atoms with E-state index in [1.807, 2.05) is 0 Å². The maximum atomic E-state index is 14.3. The van der Waals surface area contributed by atoms with E-state index in [1.54, 1.807) is 31.4 Å². The Hall–Kier alpha value is -2.53. The van der Waals surface area contributed by atoms with Gasteiger partial charge in [-0.05, 0) is 31.3 Å². The monoisotopic (exact) mass is 519 g/mol. The molecule has 0 bridgehead atoms. The largest absolute Gasteiger partial charge is 0.493 e. The lowest BCUT2D eigenvalue weighted by molar-refractivity contribution is 0.0498. The predicted molar refractivity (Wildman–Crippen MR) is 129 cm³/mol. The van der Waals surface area contributed by atoms with Crippen molar-refractivity contribution in [3.8, 4) is 11.5 Å². The van der Waals surface area contributed by atoms with Crippen LogP contribution >= 0.6 is 15.9 Å². The van der Waals surface area contributed by atoms with Crippen LogP contribution in [0.4, 0.5) is 15.9 Å². The number of anilines is 2. The molecular formula is C23H27BrFN5O3. The highest BCUT2D eigenvalue weighted by Crippen LogP contribution is 2.35. The van der Waals surface area contributed by atoms with Gasteiger partial charge in [-0.15, -0.1) is 0 Å². The number of aliphatic hydroxyl groups excluding tert-OH is 1. The van der Waals surface area contributed by atoms with Gasteiger partial charge in [-0.25, -0.2) is 14.4 Å². The maximum Gasteiger partial charge on any atom is 0.163 e. The van der Waals surface area contributed by atoms with E-state index in [-0.39, 0.29) is 6.61 Å². The number of methoxy groups -OCH3 is 1. The lowest BCUT2D eigenvalue weighted by Crippen LogP contribution is -2.47. The van der Waals surface area contributed by atoms with Crippen molar-refractivity contribution in [1.82, 2.24) is 19.8 Å². The second kappa shape index (κ2) is 10.6. The van der Waals surface area contributed by atoms with E-state index >= 15 is 0 Å². The number of hydrogen-bond donors (Lipinski definition) is 2. The molecule has 1 aliphatic rings. The van der Waals surface area contributed by atoms with Crippen LogP contribution in [0, 0.1) is 5.82 Å². The van der Waals surface area contributed by atoms with Crippen molar-refractivity contribution in [3.63, 3.8) is 0 Å². The maximum absolute atomic E-state index is 14.3. The number of fused-ring (bicyclic) bond motifs is 1. The molecule has 1 fully saturated rings. The molecule has 0 saturated carbocycles. The molecule has 0 radical (unpaired) electrons. The fourth-order valence-corrected chi connectivity index (χ4v) is 4.05. The van der Waals surface area contributed by atoms with Gasteiger partial charge in [0.25, 0.3) is 0 Å². The SMILES string of the molecule is COc1cc2c(Nc3ccc(Br)cc3F)ncnc2cc1OCC(O)CN1CCN(C)CC1. The van der Waals surface area contributed by atoms with Crippen LogP contribution in [0.25, 0.3) is 10.9 Å². The van der Waals surface area contributed by atoms with Crippen molar-refractivity contribution in [1.29, 1.82) is 0 Å². The normalized spacial score (nSPS) is 16.0. The van der Waals surface area contributed by atoms with E-state index in [0.717, 1.165) is 26.2 Å². The first kappa shape index (κ1) is 23.6. The van der Waals surface area contributed by atoms with Gasteiger partial charge in [0.05, 0.1) is 18.3 Å². The summed E-state index contributed by atoms with van der Waals surface area (Å²) >= 11 is 3.26. The average molecular weight is 520 g/mol. The summed E-state index contributed by atoms with van der Waals surface area (Å²) in [6.45, 7) is 4.53. The molecule has 8 nitrogen and oxygen atoms in total. The van der Waals surface area contributed by atoms with Crippen molar-refractivity contribution in [2.45, 2.75) is 6.10 Å². The van der Waals surface area contributed by atoms with Gasteiger partial charge in [0, 0.05) is 48.6 Å². The number of piperazine rings is 1. The quantitative estimate of drug-likeness (QED) is 0.469. The topological polar surface area (TPSA) is 83.0 Å². The van der Waals surface area contributed by atoms with E-state index < -0.39 is 11.9 Å². The zero-order chi connectivity index (χ0) is 23.4. The number of nitrogens with zero attached hydrogens (tertiary/aromatic N) is 4. The summed E-state index contributed by atoms with van der Waals surface area (Å²) in [6, 6.07) is 8.24. The highest BCUT2D eigenvalue weighted by molar-refractivity contribution is 9.10. The number of β-amino-alcohol motifs (C(OH)–C–C–N with tert-alkyl or cyclic N) is 1. The molecule has 4 rings (SSSR count). The standard InChI is InChI=1S/C23H27BrFN5O3/c1-29-5-7-30(8-6-29)12-16(31)13-33-22-11-20-17(10-21(22)32-2)23(27-14-26-20)28-19-4-3-15(24)9-18(19)25/h3-4,9-11,14,16,31H,5-8,12-13H2,1-2H3,(H,26,27,28). The van der Waals surface area contributed by atoms with Crippen LogP contribution in [0.2, 0.25) is 0 Å². The minimum absolute atomic E-state index is 0.133. The van der Waals surface area contributed by atoms with Crippen LogP contribution in [-0.4, -0.2) is 84.5 Å². The summed E-state index contributed by atoms with van der Waals surface area (Å²) in [4.78, 5) is 13.1. The minimum Gasteiger partial charge on any atom is -0.493 e. The minimum atomic E-state index is -0.628. The van der Waals surface area contributed by atoms with Crippen LogP contribution in [0.3, 0.4) is 0 Å². The Morgan fingerprint density at radius 3 is 2.67 bits per heavy atom. The Morgan fingerprint density at radius 2 is 1.94 bits per heavy atom. The van der Waals surface area contributed by atoms with Crippen molar-refractivity contribution in [2.75, 3.05) is 58.8 Å². The zero-order valence-electron chi connectivity index (χ0n) is 18.6. The summed E-state index contributed by atoms with van der Waals surface area (Å²) in [5, 5.41) is 14.1. The lowest BCUT2D eigenvalue weighted by Gasteiger charge is -2.33. The first-order chi connectivity index (χ1) is 15.9. The lowest BCUT2D eigenvalue weighted by atomic mass is 10.2. The summed E-state index contributed by atoms with van der Waals surface area (Å²) in [6.07, 6.45) is 0.775. The van der Waals surface area contributed by atoms with Crippen LogP contribution in [0.15, 0.2) is 41.1 Å². The second-order valence-corrected chi connectivity index (χ2v) is 8.98. The molecule has 1 saturated heterocycles. The number of rotatable bonds is 8. The molecule has 0 spiro atoms. The fourth-order valence-electron chi connectivity index (χ4n) is 3.72. The van der Waals surface area contributed by atoms with Gasteiger partial charge in [0.15, 0.2) is 11.5 Å². The number of likely N-dealkylation sites (N-methyl/N-ethyl adjacent to an activating group) is 1. The highest BCUT2D eigenvalue weighted by atomic mass is 79.9. The molecule has 1 aromatic heterocycles. The number of benzene rings is 2. The van der Waals surface area contributed by atoms with Crippen molar-refractivity contribution in [3.05, 3.63) is 46.9 Å². The number of ether oxygens (including phenoxy) is 2. The molecule has 176 valence electrons. The van der Waals surface area contributed by atoms with Crippen LogP contribution in [-0.2, 0) is 0 Å². The third kappa shape index (κ3) is 5.89. The first-order valence-electron chi connectivity index (χ1n) is 10.7. The van der Waals surface area contributed by atoms with Crippen molar-refractivity contribution >= 4 is 38.3 Å². The van der Waals surface area contributed by atoms with Crippen LogP contribution in [0.1, 0.15) is 0 Å². The third-order valence-corrected chi connectivity index (χ3v) is 6.09. The third-order valence-electron chi connectivity index (χ3n) is 5.60.